The molecular weight excluding hydrogens is 208 g/mol. The van der Waals surface area contributed by atoms with Crippen LogP contribution < -0.4 is 5.32 Å². The van der Waals surface area contributed by atoms with E-state index in [4.69, 9.17) is 0 Å². The average molecular weight is 226 g/mol. The van der Waals surface area contributed by atoms with Gasteiger partial charge in [0.15, 0.2) is 0 Å². The van der Waals surface area contributed by atoms with Gasteiger partial charge in [-0.05, 0) is 31.5 Å². The molecule has 1 aromatic heterocycles. The highest BCUT2D eigenvalue weighted by Gasteiger charge is 2.12. The third-order valence-corrected chi connectivity index (χ3v) is 3.54. The maximum atomic E-state index is 3.37. The van der Waals surface area contributed by atoms with Gasteiger partial charge in [0.25, 0.3) is 0 Å². The molecule has 17 heavy (non-hydrogen) atoms. The molecule has 0 radical (unpaired) electrons. The van der Waals surface area contributed by atoms with Gasteiger partial charge in [0.1, 0.15) is 0 Å². The van der Waals surface area contributed by atoms with Crippen LogP contribution in [-0.2, 0) is 6.54 Å². The molecular formula is C15H18N2. The van der Waals surface area contributed by atoms with Gasteiger partial charge in [-0.1, -0.05) is 24.3 Å². The van der Waals surface area contributed by atoms with Crippen molar-refractivity contribution in [3.8, 4) is 0 Å². The van der Waals surface area contributed by atoms with Crippen molar-refractivity contribution < 1.29 is 0 Å². The summed E-state index contributed by atoms with van der Waals surface area (Å²) in [6.45, 7) is 5.33. The van der Waals surface area contributed by atoms with Crippen LogP contribution in [0.2, 0.25) is 0 Å². The van der Waals surface area contributed by atoms with Crippen molar-refractivity contribution in [2.24, 2.45) is 0 Å². The van der Waals surface area contributed by atoms with Gasteiger partial charge in [-0.2, -0.15) is 0 Å². The second-order valence-electron chi connectivity index (χ2n) is 4.53. The highest BCUT2D eigenvalue weighted by atomic mass is 14.9. The van der Waals surface area contributed by atoms with Crippen LogP contribution in [0.3, 0.4) is 0 Å². The Morgan fingerprint density at radius 3 is 2.94 bits per heavy atom. The van der Waals surface area contributed by atoms with Crippen molar-refractivity contribution in [1.29, 1.82) is 0 Å². The molecule has 1 aliphatic rings. The number of benzene rings is 1. The molecule has 0 aliphatic carbocycles. The van der Waals surface area contributed by atoms with Crippen molar-refractivity contribution in [2.75, 3.05) is 13.1 Å². The van der Waals surface area contributed by atoms with Crippen LogP contribution in [0.15, 0.2) is 36.5 Å². The van der Waals surface area contributed by atoms with Crippen LogP contribution in [0, 0.1) is 0 Å². The number of para-hydroxylation sites is 1. The topological polar surface area (TPSA) is 17.0 Å². The summed E-state index contributed by atoms with van der Waals surface area (Å²) in [7, 11) is 0. The van der Waals surface area contributed by atoms with Crippen molar-refractivity contribution >= 4 is 16.5 Å². The number of aromatic nitrogens is 1. The van der Waals surface area contributed by atoms with Gasteiger partial charge in [0.05, 0.1) is 0 Å². The van der Waals surface area contributed by atoms with E-state index in [0.29, 0.717) is 0 Å². The standard InChI is InChI=1S/C15H18N2/c1-2-17-11-14(12-7-9-16-10-8-12)13-5-3-4-6-15(13)17/h3-7,11,16H,2,8-10H2,1H3. The third-order valence-electron chi connectivity index (χ3n) is 3.54. The van der Waals surface area contributed by atoms with Gasteiger partial charge >= 0.3 is 0 Å². The van der Waals surface area contributed by atoms with Gasteiger partial charge in [-0.15, -0.1) is 0 Å². The SMILES string of the molecule is CCn1cc(C2=CCNCC2)c2ccccc21. The summed E-state index contributed by atoms with van der Waals surface area (Å²) in [5.74, 6) is 0. The summed E-state index contributed by atoms with van der Waals surface area (Å²) in [4.78, 5) is 0. The Labute approximate surface area is 102 Å². The number of nitrogens with one attached hydrogen (secondary N) is 1. The predicted octanol–water partition coefficient (Wildman–Crippen LogP) is 3.04. The minimum atomic E-state index is 1.00. The van der Waals surface area contributed by atoms with E-state index in [1.165, 1.54) is 22.0 Å². The summed E-state index contributed by atoms with van der Waals surface area (Å²) >= 11 is 0. The lowest BCUT2D eigenvalue weighted by atomic mass is 10.00. The smallest absolute Gasteiger partial charge is 0.0486 e. The largest absolute Gasteiger partial charge is 0.347 e. The zero-order chi connectivity index (χ0) is 11.7. The molecule has 2 heterocycles. The first kappa shape index (κ1) is 10.6. The Morgan fingerprint density at radius 2 is 2.18 bits per heavy atom. The number of aryl methyl sites for hydroxylation is 1. The molecule has 0 fully saturated rings. The van der Waals surface area contributed by atoms with Gasteiger partial charge in [0, 0.05) is 35.8 Å². The second kappa shape index (κ2) is 4.38. The number of hydrogen-bond acceptors (Lipinski definition) is 1. The summed E-state index contributed by atoms with van der Waals surface area (Å²) in [6, 6.07) is 8.70. The van der Waals surface area contributed by atoms with E-state index in [1.807, 2.05) is 0 Å². The number of rotatable bonds is 2. The molecule has 0 amide bonds. The van der Waals surface area contributed by atoms with Crippen molar-refractivity contribution in [1.82, 2.24) is 9.88 Å². The fourth-order valence-electron chi connectivity index (χ4n) is 2.63. The zero-order valence-electron chi connectivity index (χ0n) is 10.2. The van der Waals surface area contributed by atoms with Crippen LogP contribution in [0.5, 0.6) is 0 Å². The van der Waals surface area contributed by atoms with Gasteiger partial charge in [-0.3, -0.25) is 0 Å². The first-order valence-corrected chi connectivity index (χ1v) is 6.38. The number of fused-ring (bicyclic) bond motifs is 1. The van der Waals surface area contributed by atoms with Crippen molar-refractivity contribution in [2.45, 2.75) is 19.9 Å². The molecule has 1 aliphatic heterocycles. The maximum absolute atomic E-state index is 3.37. The molecule has 88 valence electrons. The molecule has 0 unspecified atom stereocenters. The van der Waals surface area contributed by atoms with Gasteiger partial charge < -0.3 is 9.88 Å². The molecule has 1 N–H and O–H groups in total. The molecule has 2 heteroatoms. The first-order valence-electron chi connectivity index (χ1n) is 6.38. The average Bonchev–Trinajstić information content (AvgIpc) is 2.78. The highest BCUT2D eigenvalue weighted by molar-refractivity contribution is 5.93. The Hall–Kier alpha value is -1.54. The lowest BCUT2D eigenvalue weighted by Gasteiger charge is -2.13. The molecule has 0 saturated heterocycles. The second-order valence-corrected chi connectivity index (χ2v) is 4.53. The fourth-order valence-corrected chi connectivity index (χ4v) is 2.63. The quantitative estimate of drug-likeness (QED) is 0.833. The van der Waals surface area contributed by atoms with E-state index in [1.54, 1.807) is 0 Å². The van der Waals surface area contributed by atoms with E-state index in [2.05, 4.69) is 53.3 Å². The third kappa shape index (κ3) is 1.79. The summed E-state index contributed by atoms with van der Waals surface area (Å²) in [5.41, 5.74) is 4.26. The van der Waals surface area contributed by atoms with E-state index in [-0.39, 0.29) is 0 Å². The molecule has 3 rings (SSSR count). The minimum Gasteiger partial charge on any atom is -0.347 e. The fraction of sp³-hybridized carbons (Fsp3) is 0.333. The number of hydrogen-bond donors (Lipinski definition) is 1. The summed E-state index contributed by atoms with van der Waals surface area (Å²) < 4.78 is 2.34. The lowest BCUT2D eigenvalue weighted by molar-refractivity contribution is 0.738. The van der Waals surface area contributed by atoms with Crippen LogP contribution in [0.1, 0.15) is 18.9 Å². The Bertz CT molecular complexity index is 563. The van der Waals surface area contributed by atoms with Crippen molar-refractivity contribution in [3.63, 3.8) is 0 Å². The van der Waals surface area contributed by atoms with E-state index in [9.17, 15) is 0 Å². The van der Waals surface area contributed by atoms with Crippen molar-refractivity contribution in [3.05, 3.63) is 42.1 Å². The molecule has 2 nitrogen and oxygen atoms in total. The lowest BCUT2D eigenvalue weighted by Crippen LogP contribution is -2.19. The molecule has 0 atom stereocenters. The Kier molecular flexibility index (Phi) is 2.73. The summed E-state index contributed by atoms with van der Waals surface area (Å²) in [5, 5.41) is 4.76. The molecule has 1 aromatic carbocycles. The maximum Gasteiger partial charge on any atom is 0.0486 e. The van der Waals surface area contributed by atoms with Gasteiger partial charge in [-0.25, -0.2) is 0 Å². The zero-order valence-corrected chi connectivity index (χ0v) is 10.2. The van der Waals surface area contributed by atoms with E-state index < -0.39 is 0 Å². The Balaban J connectivity index is 2.19. The van der Waals surface area contributed by atoms with E-state index >= 15 is 0 Å². The molecule has 2 aromatic rings. The van der Waals surface area contributed by atoms with Crippen LogP contribution in [0.4, 0.5) is 0 Å². The summed E-state index contributed by atoms with van der Waals surface area (Å²) in [6.07, 6.45) is 5.77. The van der Waals surface area contributed by atoms with Gasteiger partial charge in [0.2, 0.25) is 0 Å². The molecule has 0 bridgehead atoms. The Morgan fingerprint density at radius 1 is 1.29 bits per heavy atom. The predicted molar refractivity (Wildman–Crippen MR) is 73.1 cm³/mol. The van der Waals surface area contributed by atoms with E-state index in [0.717, 1.165) is 26.1 Å². The molecule has 0 saturated carbocycles. The first-order chi connectivity index (χ1) is 8.40. The minimum absolute atomic E-state index is 1.00. The van der Waals surface area contributed by atoms with Crippen LogP contribution >= 0.6 is 0 Å². The van der Waals surface area contributed by atoms with Crippen LogP contribution in [0.25, 0.3) is 16.5 Å². The van der Waals surface area contributed by atoms with Crippen LogP contribution in [-0.4, -0.2) is 17.7 Å². The number of nitrogens with zero attached hydrogens (tertiary/aromatic N) is 1. The normalized spacial score (nSPS) is 16.2. The highest BCUT2D eigenvalue weighted by Crippen LogP contribution is 2.29. The molecule has 0 spiro atoms. The monoisotopic (exact) mass is 226 g/mol.